The monoisotopic (exact) mass is 381 g/mol. The number of aryl methyl sites for hydroxylation is 1. The molecule has 0 bridgehead atoms. The Hall–Kier alpha value is -2.27. The van der Waals surface area contributed by atoms with Gasteiger partial charge in [0.2, 0.25) is 5.91 Å². The average molecular weight is 382 g/mol. The van der Waals surface area contributed by atoms with Crippen LogP contribution >= 0.6 is 11.8 Å². The highest BCUT2D eigenvalue weighted by molar-refractivity contribution is 7.99. The summed E-state index contributed by atoms with van der Waals surface area (Å²) < 4.78 is 2.07. The zero-order valence-electron chi connectivity index (χ0n) is 16.0. The Balaban J connectivity index is 1.80. The summed E-state index contributed by atoms with van der Waals surface area (Å²) in [7, 11) is 2.01. The summed E-state index contributed by atoms with van der Waals surface area (Å²) in [6.45, 7) is 2.19. The summed E-state index contributed by atoms with van der Waals surface area (Å²) in [6, 6.07) is 17.9. The van der Waals surface area contributed by atoms with E-state index in [-0.39, 0.29) is 11.9 Å². The number of unbranched alkanes of at least 4 members (excludes halogenated alkanes) is 1. The zero-order chi connectivity index (χ0) is 19.1. The normalized spacial score (nSPS) is 12.2. The summed E-state index contributed by atoms with van der Waals surface area (Å²) in [5.74, 6) is 2.90. The molecule has 1 N–H and O–H groups in total. The zero-order valence-corrected chi connectivity index (χ0v) is 16.8. The largest absolute Gasteiger partial charge is 0.342 e. The van der Waals surface area contributed by atoms with Crippen LogP contribution in [0.5, 0.6) is 0 Å². The van der Waals surface area contributed by atoms with Crippen molar-refractivity contribution in [3.8, 4) is 0 Å². The number of nitrogens with zero attached hydrogens (tertiary/aromatic N) is 2. The van der Waals surface area contributed by atoms with E-state index < -0.39 is 0 Å². The first-order valence-electron chi connectivity index (χ1n) is 9.54. The highest BCUT2D eigenvalue weighted by Crippen LogP contribution is 2.25. The van der Waals surface area contributed by atoms with Gasteiger partial charge in [-0.2, -0.15) is 11.8 Å². The van der Waals surface area contributed by atoms with Gasteiger partial charge in [0.05, 0.1) is 11.0 Å². The van der Waals surface area contributed by atoms with E-state index in [0.717, 1.165) is 33.9 Å². The molecule has 1 heterocycles. The third-order valence-corrected chi connectivity index (χ3v) is 5.70. The molecule has 1 unspecified atom stereocenters. The fourth-order valence-corrected chi connectivity index (χ4v) is 4.14. The van der Waals surface area contributed by atoms with Crippen molar-refractivity contribution in [1.29, 1.82) is 0 Å². The summed E-state index contributed by atoms with van der Waals surface area (Å²) in [5.41, 5.74) is 3.06. The average Bonchev–Trinajstić information content (AvgIpc) is 3.03. The number of nitrogens with one attached hydrogen (secondary N) is 1. The van der Waals surface area contributed by atoms with E-state index in [2.05, 4.69) is 22.9 Å². The van der Waals surface area contributed by atoms with Crippen molar-refractivity contribution in [3.63, 3.8) is 0 Å². The summed E-state index contributed by atoms with van der Waals surface area (Å²) in [5, 5.41) is 3.21. The molecule has 1 aromatic heterocycles. The van der Waals surface area contributed by atoms with Crippen molar-refractivity contribution in [2.24, 2.45) is 7.05 Å². The number of aromatic nitrogens is 2. The molecule has 0 aliphatic rings. The molecule has 3 rings (SSSR count). The smallest absolute Gasteiger partial charge is 0.221 e. The lowest BCUT2D eigenvalue weighted by Crippen LogP contribution is -2.31. The van der Waals surface area contributed by atoms with Crippen LogP contribution in [0.3, 0.4) is 0 Å². The highest BCUT2D eigenvalue weighted by atomic mass is 32.2. The lowest BCUT2D eigenvalue weighted by molar-refractivity contribution is -0.121. The molecule has 0 aliphatic carbocycles. The highest BCUT2D eigenvalue weighted by Gasteiger charge is 2.22. The molecular weight excluding hydrogens is 354 g/mol. The number of hydrogen-bond acceptors (Lipinski definition) is 3. The Kier molecular flexibility index (Phi) is 6.93. The lowest BCUT2D eigenvalue weighted by Gasteiger charge is -2.19. The Labute approximate surface area is 165 Å². The molecule has 5 heteroatoms. The van der Waals surface area contributed by atoms with E-state index in [1.165, 1.54) is 12.8 Å². The molecule has 0 aliphatic heterocycles. The quantitative estimate of drug-likeness (QED) is 0.546. The van der Waals surface area contributed by atoms with Crippen molar-refractivity contribution in [3.05, 3.63) is 66.0 Å². The maximum absolute atomic E-state index is 12.6. The van der Waals surface area contributed by atoms with Gasteiger partial charge in [0.1, 0.15) is 11.9 Å². The van der Waals surface area contributed by atoms with Gasteiger partial charge in [-0.25, -0.2) is 4.98 Å². The van der Waals surface area contributed by atoms with Crippen LogP contribution in [0.1, 0.15) is 43.6 Å². The summed E-state index contributed by atoms with van der Waals surface area (Å²) in [6.07, 6.45) is 2.93. The predicted octanol–water partition coefficient (Wildman–Crippen LogP) is 4.70. The topological polar surface area (TPSA) is 46.9 Å². The van der Waals surface area contributed by atoms with Gasteiger partial charge in [-0.3, -0.25) is 4.79 Å². The molecule has 0 saturated heterocycles. The van der Waals surface area contributed by atoms with Crippen molar-refractivity contribution in [2.45, 2.75) is 32.2 Å². The first kappa shape index (κ1) is 19.5. The van der Waals surface area contributed by atoms with Crippen LogP contribution < -0.4 is 5.32 Å². The number of amides is 1. The molecule has 1 atom stereocenters. The second-order valence-electron chi connectivity index (χ2n) is 6.64. The van der Waals surface area contributed by atoms with Gasteiger partial charge in [0, 0.05) is 19.2 Å². The van der Waals surface area contributed by atoms with Crippen LogP contribution in [-0.4, -0.2) is 27.0 Å². The Morgan fingerprint density at radius 1 is 1.11 bits per heavy atom. The van der Waals surface area contributed by atoms with Gasteiger partial charge in [-0.1, -0.05) is 55.8 Å². The molecule has 0 fully saturated rings. The molecular formula is C22H27N3OS. The minimum absolute atomic E-state index is 0.0694. The van der Waals surface area contributed by atoms with Crippen LogP contribution in [0.25, 0.3) is 11.0 Å². The second-order valence-corrected chi connectivity index (χ2v) is 7.87. The maximum atomic E-state index is 12.6. The number of hydrogen-bond donors (Lipinski definition) is 1. The van der Waals surface area contributed by atoms with E-state index in [0.29, 0.717) is 6.42 Å². The number of thioether (sulfide) groups is 1. The van der Waals surface area contributed by atoms with E-state index in [9.17, 15) is 4.79 Å². The van der Waals surface area contributed by atoms with Crippen LogP contribution in [0.15, 0.2) is 54.6 Å². The first-order chi connectivity index (χ1) is 13.2. The molecule has 142 valence electrons. The molecule has 27 heavy (non-hydrogen) atoms. The summed E-state index contributed by atoms with van der Waals surface area (Å²) in [4.78, 5) is 17.4. The van der Waals surface area contributed by atoms with E-state index in [1.54, 1.807) is 0 Å². The van der Waals surface area contributed by atoms with Crippen molar-refractivity contribution < 1.29 is 4.79 Å². The number of carbonyl (C=O) groups excluding carboxylic acids is 1. The van der Waals surface area contributed by atoms with E-state index in [4.69, 9.17) is 4.98 Å². The Morgan fingerprint density at radius 2 is 1.85 bits per heavy atom. The first-order valence-corrected chi connectivity index (χ1v) is 10.7. The van der Waals surface area contributed by atoms with Crippen LogP contribution in [0.4, 0.5) is 0 Å². The van der Waals surface area contributed by atoms with Crippen LogP contribution in [-0.2, 0) is 11.8 Å². The number of carbonyl (C=O) groups is 1. The number of imidazole rings is 1. The van der Waals surface area contributed by atoms with Gasteiger partial charge in [0.25, 0.3) is 0 Å². The fourth-order valence-electron chi connectivity index (χ4n) is 3.11. The third-order valence-electron chi connectivity index (χ3n) is 4.63. The number of para-hydroxylation sites is 2. The fraction of sp³-hybridized carbons (Fsp3) is 0.364. The minimum atomic E-state index is -0.253. The van der Waals surface area contributed by atoms with Gasteiger partial charge >= 0.3 is 0 Å². The van der Waals surface area contributed by atoms with E-state index in [1.807, 2.05) is 67.3 Å². The Morgan fingerprint density at radius 3 is 2.59 bits per heavy atom. The van der Waals surface area contributed by atoms with Gasteiger partial charge in [-0.15, -0.1) is 0 Å². The molecule has 0 radical (unpaired) electrons. The Bertz CT molecular complexity index is 876. The predicted molar refractivity (Wildman–Crippen MR) is 114 cm³/mol. The molecule has 3 aromatic rings. The lowest BCUT2D eigenvalue weighted by atomic mass is 10.1. The van der Waals surface area contributed by atoms with Crippen LogP contribution in [0.2, 0.25) is 0 Å². The van der Waals surface area contributed by atoms with Gasteiger partial charge in [-0.05, 0) is 29.9 Å². The molecule has 4 nitrogen and oxygen atoms in total. The van der Waals surface area contributed by atoms with E-state index >= 15 is 0 Å². The molecule has 2 aromatic carbocycles. The van der Waals surface area contributed by atoms with Gasteiger partial charge in [0.15, 0.2) is 0 Å². The molecule has 1 amide bonds. The minimum Gasteiger partial charge on any atom is -0.342 e. The number of rotatable bonds is 9. The van der Waals surface area contributed by atoms with Crippen molar-refractivity contribution >= 4 is 28.7 Å². The molecule has 0 saturated carbocycles. The SMILES string of the molecule is CCCCSCCC(=O)NC(c1ccccc1)c1nc2ccccc2n1C. The molecule has 0 spiro atoms. The number of fused-ring (bicyclic) bond motifs is 1. The van der Waals surface area contributed by atoms with Crippen molar-refractivity contribution in [1.82, 2.24) is 14.9 Å². The number of benzene rings is 2. The third kappa shape index (κ3) is 4.92. The van der Waals surface area contributed by atoms with Gasteiger partial charge < -0.3 is 9.88 Å². The van der Waals surface area contributed by atoms with Crippen molar-refractivity contribution in [2.75, 3.05) is 11.5 Å². The summed E-state index contributed by atoms with van der Waals surface area (Å²) >= 11 is 1.85. The van der Waals surface area contributed by atoms with Crippen LogP contribution in [0, 0.1) is 0 Å². The maximum Gasteiger partial charge on any atom is 0.221 e. The standard InChI is InChI=1S/C22H27N3OS/c1-3-4-15-27-16-14-20(26)24-21(17-10-6-5-7-11-17)22-23-18-12-8-9-13-19(18)25(22)2/h5-13,21H,3-4,14-16H2,1-2H3,(H,24,26). The second kappa shape index (κ2) is 9.60.